The van der Waals surface area contributed by atoms with Gasteiger partial charge in [-0.25, -0.2) is 0 Å². The molecule has 0 aliphatic rings. The van der Waals surface area contributed by atoms with Crippen molar-refractivity contribution in [3.8, 4) is 0 Å². The van der Waals surface area contributed by atoms with Gasteiger partial charge in [0.1, 0.15) is 0 Å². The van der Waals surface area contributed by atoms with Crippen LogP contribution in [-0.4, -0.2) is 12.6 Å². The van der Waals surface area contributed by atoms with Gasteiger partial charge in [-0.05, 0) is 18.3 Å². The van der Waals surface area contributed by atoms with Crippen molar-refractivity contribution in [3.63, 3.8) is 0 Å². The van der Waals surface area contributed by atoms with Crippen molar-refractivity contribution in [2.75, 3.05) is 6.61 Å². The maximum Gasteiger partial charge on any atom is 0.309 e. The molecule has 0 aromatic heterocycles. The zero-order valence-electron chi connectivity index (χ0n) is 10.9. The van der Waals surface area contributed by atoms with E-state index in [2.05, 4.69) is 27.7 Å². The SMILES string of the molecule is CCCCOC(=O)[C@@H](C)C(C)(C)CCC. The van der Waals surface area contributed by atoms with Crippen LogP contribution >= 0.6 is 0 Å². The van der Waals surface area contributed by atoms with Gasteiger partial charge in [0, 0.05) is 0 Å². The average Bonchev–Trinajstić information content (AvgIpc) is 2.16. The molecule has 0 aliphatic heterocycles. The van der Waals surface area contributed by atoms with Gasteiger partial charge in [0.2, 0.25) is 0 Å². The highest BCUT2D eigenvalue weighted by Crippen LogP contribution is 2.32. The standard InChI is InChI=1S/C13H26O2/c1-6-8-10-15-12(14)11(3)13(4,5)9-7-2/h11H,6-10H2,1-5H3/t11-/m1/s1. The molecule has 15 heavy (non-hydrogen) atoms. The van der Waals surface area contributed by atoms with Crippen molar-refractivity contribution in [1.82, 2.24) is 0 Å². The highest BCUT2D eigenvalue weighted by Gasteiger charge is 2.31. The summed E-state index contributed by atoms with van der Waals surface area (Å²) in [5.41, 5.74) is 0.0536. The van der Waals surface area contributed by atoms with E-state index in [9.17, 15) is 4.79 Å². The van der Waals surface area contributed by atoms with Crippen molar-refractivity contribution >= 4 is 5.97 Å². The predicted molar refractivity (Wildman–Crippen MR) is 63.7 cm³/mol. The first-order valence-electron chi connectivity index (χ1n) is 6.12. The molecule has 0 saturated heterocycles. The van der Waals surface area contributed by atoms with Gasteiger partial charge < -0.3 is 4.74 Å². The summed E-state index contributed by atoms with van der Waals surface area (Å²) in [6.07, 6.45) is 4.21. The van der Waals surface area contributed by atoms with Crippen LogP contribution in [0.5, 0.6) is 0 Å². The van der Waals surface area contributed by atoms with Crippen LogP contribution in [0.3, 0.4) is 0 Å². The Bertz CT molecular complexity index is 185. The largest absolute Gasteiger partial charge is 0.465 e. The molecule has 2 nitrogen and oxygen atoms in total. The lowest BCUT2D eigenvalue weighted by atomic mass is 9.76. The lowest BCUT2D eigenvalue weighted by Crippen LogP contribution is -2.30. The smallest absolute Gasteiger partial charge is 0.309 e. The molecule has 0 rings (SSSR count). The van der Waals surface area contributed by atoms with Gasteiger partial charge in [-0.1, -0.05) is 47.5 Å². The van der Waals surface area contributed by atoms with Crippen LogP contribution in [0, 0.1) is 11.3 Å². The van der Waals surface area contributed by atoms with E-state index in [0.29, 0.717) is 6.61 Å². The highest BCUT2D eigenvalue weighted by molar-refractivity contribution is 5.72. The van der Waals surface area contributed by atoms with Gasteiger partial charge in [0.25, 0.3) is 0 Å². The molecule has 1 atom stereocenters. The third kappa shape index (κ3) is 5.19. The quantitative estimate of drug-likeness (QED) is 0.476. The van der Waals surface area contributed by atoms with E-state index in [1.807, 2.05) is 6.92 Å². The van der Waals surface area contributed by atoms with Crippen LogP contribution in [0.4, 0.5) is 0 Å². The third-order valence-corrected chi connectivity index (χ3v) is 3.16. The molecule has 2 heteroatoms. The summed E-state index contributed by atoms with van der Waals surface area (Å²) in [5.74, 6) is -0.0452. The Morgan fingerprint density at radius 2 is 1.87 bits per heavy atom. The average molecular weight is 214 g/mol. The van der Waals surface area contributed by atoms with Crippen LogP contribution in [0.15, 0.2) is 0 Å². The van der Waals surface area contributed by atoms with E-state index < -0.39 is 0 Å². The molecule has 90 valence electrons. The van der Waals surface area contributed by atoms with E-state index in [0.717, 1.165) is 25.7 Å². The van der Waals surface area contributed by atoms with Gasteiger partial charge in [0.05, 0.1) is 12.5 Å². The van der Waals surface area contributed by atoms with Crippen molar-refractivity contribution in [2.45, 2.75) is 60.3 Å². The monoisotopic (exact) mass is 214 g/mol. The van der Waals surface area contributed by atoms with Crippen LogP contribution in [-0.2, 0) is 9.53 Å². The Hall–Kier alpha value is -0.530. The molecule has 0 heterocycles. The van der Waals surface area contributed by atoms with Crippen molar-refractivity contribution in [2.24, 2.45) is 11.3 Å². The molecular formula is C13H26O2. The lowest BCUT2D eigenvalue weighted by molar-refractivity contribution is -0.152. The third-order valence-electron chi connectivity index (χ3n) is 3.16. The zero-order chi connectivity index (χ0) is 11.9. The maximum absolute atomic E-state index is 11.7. The van der Waals surface area contributed by atoms with E-state index in [-0.39, 0.29) is 17.3 Å². The predicted octanol–water partition coefficient (Wildman–Crippen LogP) is 3.79. The summed E-state index contributed by atoms with van der Waals surface area (Å²) in [5, 5.41) is 0. The maximum atomic E-state index is 11.7. The number of carbonyl (C=O) groups is 1. The normalized spacial score (nSPS) is 13.7. The Kier molecular flexibility index (Phi) is 6.62. The molecule has 0 saturated carbocycles. The van der Waals surface area contributed by atoms with Crippen molar-refractivity contribution in [1.29, 1.82) is 0 Å². The molecule has 0 bridgehead atoms. The Morgan fingerprint density at radius 1 is 1.27 bits per heavy atom. The number of rotatable bonds is 7. The Balaban J connectivity index is 4.06. The topological polar surface area (TPSA) is 26.3 Å². The molecule has 0 aliphatic carbocycles. The summed E-state index contributed by atoms with van der Waals surface area (Å²) >= 11 is 0. The molecule has 0 aromatic rings. The zero-order valence-corrected chi connectivity index (χ0v) is 10.9. The molecule has 0 spiro atoms. The van der Waals surface area contributed by atoms with Crippen LogP contribution in [0.25, 0.3) is 0 Å². The van der Waals surface area contributed by atoms with Crippen LogP contribution in [0.2, 0.25) is 0 Å². The second kappa shape index (κ2) is 6.86. The fourth-order valence-electron chi connectivity index (χ4n) is 1.62. The van der Waals surface area contributed by atoms with E-state index in [4.69, 9.17) is 4.74 Å². The van der Waals surface area contributed by atoms with Gasteiger partial charge in [0.15, 0.2) is 0 Å². The number of unbranched alkanes of at least 4 members (excludes halogenated alkanes) is 1. The molecular weight excluding hydrogens is 188 g/mol. The van der Waals surface area contributed by atoms with Crippen molar-refractivity contribution < 1.29 is 9.53 Å². The van der Waals surface area contributed by atoms with E-state index >= 15 is 0 Å². The summed E-state index contributed by atoms with van der Waals surface area (Å²) < 4.78 is 5.24. The lowest BCUT2D eigenvalue weighted by Gasteiger charge is -2.29. The summed E-state index contributed by atoms with van der Waals surface area (Å²) in [7, 11) is 0. The highest BCUT2D eigenvalue weighted by atomic mass is 16.5. The fraction of sp³-hybridized carbons (Fsp3) is 0.923. The molecule has 0 fully saturated rings. The number of carbonyl (C=O) groups excluding carboxylic acids is 1. The number of hydrogen-bond donors (Lipinski definition) is 0. The minimum Gasteiger partial charge on any atom is -0.465 e. The van der Waals surface area contributed by atoms with E-state index in [1.54, 1.807) is 0 Å². The molecule has 0 unspecified atom stereocenters. The minimum absolute atomic E-state index is 0.00527. The number of esters is 1. The number of hydrogen-bond acceptors (Lipinski definition) is 2. The van der Waals surface area contributed by atoms with Gasteiger partial charge in [-0.3, -0.25) is 4.79 Å². The molecule has 0 amide bonds. The Morgan fingerprint density at radius 3 is 2.33 bits per heavy atom. The fourth-order valence-corrected chi connectivity index (χ4v) is 1.62. The minimum atomic E-state index is -0.0399. The first-order valence-corrected chi connectivity index (χ1v) is 6.12. The van der Waals surface area contributed by atoms with Gasteiger partial charge in [-0.15, -0.1) is 0 Å². The summed E-state index contributed by atoms with van der Waals surface area (Å²) in [4.78, 5) is 11.7. The number of ether oxygens (including phenoxy) is 1. The second-order valence-corrected chi connectivity index (χ2v) is 4.98. The van der Waals surface area contributed by atoms with Crippen LogP contribution in [0.1, 0.15) is 60.3 Å². The first-order chi connectivity index (χ1) is 6.95. The van der Waals surface area contributed by atoms with E-state index in [1.165, 1.54) is 0 Å². The van der Waals surface area contributed by atoms with Crippen LogP contribution < -0.4 is 0 Å². The molecule has 0 radical (unpaired) electrons. The summed E-state index contributed by atoms with van der Waals surface area (Å²) in [6.45, 7) is 11.1. The summed E-state index contributed by atoms with van der Waals surface area (Å²) in [6, 6.07) is 0. The van der Waals surface area contributed by atoms with Gasteiger partial charge in [-0.2, -0.15) is 0 Å². The van der Waals surface area contributed by atoms with Gasteiger partial charge >= 0.3 is 5.97 Å². The molecule has 0 aromatic carbocycles. The Labute approximate surface area is 94.4 Å². The first kappa shape index (κ1) is 14.5. The second-order valence-electron chi connectivity index (χ2n) is 4.98. The molecule has 0 N–H and O–H groups in total. The van der Waals surface area contributed by atoms with Crippen molar-refractivity contribution in [3.05, 3.63) is 0 Å².